The smallest absolute Gasteiger partial charge is 0.225 e. The van der Waals surface area contributed by atoms with E-state index in [0.717, 1.165) is 37.9 Å². The molecule has 2 heterocycles. The zero-order valence-corrected chi connectivity index (χ0v) is 18.8. The fraction of sp³-hybridized carbons (Fsp3) is 0.500. The molecule has 0 bridgehead atoms. The second kappa shape index (κ2) is 9.88. The third-order valence-corrected chi connectivity index (χ3v) is 5.91. The molecule has 1 amide bonds. The first-order valence-corrected chi connectivity index (χ1v) is 11.0. The van der Waals surface area contributed by atoms with Crippen molar-refractivity contribution in [2.75, 3.05) is 6.54 Å². The van der Waals surface area contributed by atoms with Crippen LogP contribution in [0.1, 0.15) is 63.8 Å². The van der Waals surface area contributed by atoms with Gasteiger partial charge in [-0.25, -0.2) is 4.39 Å². The van der Waals surface area contributed by atoms with E-state index < -0.39 is 5.41 Å². The zero-order chi connectivity index (χ0) is 21.7. The summed E-state index contributed by atoms with van der Waals surface area (Å²) < 4.78 is 14.4. The molecule has 1 aliphatic rings. The maximum absolute atomic E-state index is 14.4. The molecule has 1 aromatic heterocycles. The van der Waals surface area contributed by atoms with Gasteiger partial charge >= 0.3 is 0 Å². The number of halogens is 2. The van der Waals surface area contributed by atoms with Gasteiger partial charge in [0.2, 0.25) is 5.91 Å². The minimum atomic E-state index is -0.480. The second-order valence-corrected chi connectivity index (χ2v) is 9.56. The fourth-order valence-corrected chi connectivity index (χ4v) is 4.05. The number of nitrogens with zero attached hydrogens (tertiary/aromatic N) is 2. The van der Waals surface area contributed by atoms with E-state index in [1.54, 1.807) is 18.3 Å². The van der Waals surface area contributed by atoms with Crippen LogP contribution in [0.15, 0.2) is 42.6 Å². The lowest BCUT2D eigenvalue weighted by Gasteiger charge is -2.38. The standard InChI is InChI=1S/C24H31ClFN3O/c1-24(2,3)23(30)28-22(21-9-4-6-12-27-21)15-19-8-5-7-13-29(19)16-17-10-11-18(25)14-20(17)26/h4,6,9-12,14,19,22H,5,7-8,13,15-16H2,1-3H3,(H,28,30)/t19-,22+/m0/s1. The highest BCUT2D eigenvalue weighted by Crippen LogP contribution is 2.29. The maximum Gasteiger partial charge on any atom is 0.225 e. The fourth-order valence-electron chi connectivity index (χ4n) is 3.89. The van der Waals surface area contributed by atoms with Gasteiger partial charge in [0.1, 0.15) is 5.82 Å². The molecular weight excluding hydrogens is 401 g/mol. The van der Waals surface area contributed by atoms with Crippen LogP contribution in [-0.2, 0) is 11.3 Å². The van der Waals surface area contributed by atoms with Gasteiger partial charge in [-0.2, -0.15) is 0 Å². The summed E-state index contributed by atoms with van der Waals surface area (Å²) in [6.07, 6.45) is 5.74. The van der Waals surface area contributed by atoms with Crippen LogP contribution in [0.3, 0.4) is 0 Å². The Labute approximate surface area is 183 Å². The highest BCUT2D eigenvalue weighted by atomic mass is 35.5. The Morgan fingerprint density at radius 2 is 2.10 bits per heavy atom. The molecule has 1 N–H and O–H groups in total. The summed E-state index contributed by atoms with van der Waals surface area (Å²) in [6.45, 7) is 7.18. The van der Waals surface area contributed by atoms with Gasteiger partial charge < -0.3 is 5.32 Å². The van der Waals surface area contributed by atoms with E-state index in [9.17, 15) is 9.18 Å². The Kier molecular flexibility index (Phi) is 7.48. The molecule has 162 valence electrons. The molecule has 0 aliphatic carbocycles. The van der Waals surface area contributed by atoms with E-state index in [2.05, 4.69) is 15.2 Å². The first-order valence-electron chi connectivity index (χ1n) is 10.6. The maximum atomic E-state index is 14.4. The van der Waals surface area contributed by atoms with Gasteiger partial charge in [-0.15, -0.1) is 0 Å². The van der Waals surface area contributed by atoms with Crippen LogP contribution in [-0.4, -0.2) is 28.4 Å². The third-order valence-electron chi connectivity index (χ3n) is 5.68. The summed E-state index contributed by atoms with van der Waals surface area (Å²) in [5, 5.41) is 3.61. The number of carbonyl (C=O) groups excluding carboxylic acids is 1. The SMILES string of the molecule is CC(C)(C)C(=O)N[C@H](C[C@@H]1CCCCN1Cc1ccc(Cl)cc1F)c1ccccn1. The number of carbonyl (C=O) groups is 1. The Morgan fingerprint density at radius 3 is 2.77 bits per heavy atom. The van der Waals surface area contributed by atoms with Crippen molar-refractivity contribution in [2.45, 2.75) is 65.1 Å². The molecule has 30 heavy (non-hydrogen) atoms. The van der Waals surface area contributed by atoms with E-state index >= 15 is 0 Å². The zero-order valence-electron chi connectivity index (χ0n) is 18.0. The van der Waals surface area contributed by atoms with Crippen LogP contribution in [0.25, 0.3) is 0 Å². The van der Waals surface area contributed by atoms with E-state index in [1.165, 1.54) is 6.07 Å². The first-order chi connectivity index (χ1) is 14.2. The number of likely N-dealkylation sites (tertiary alicyclic amines) is 1. The molecule has 0 radical (unpaired) electrons. The van der Waals surface area contributed by atoms with Crippen molar-refractivity contribution in [3.63, 3.8) is 0 Å². The van der Waals surface area contributed by atoms with Gasteiger partial charge in [-0.05, 0) is 50.1 Å². The van der Waals surface area contributed by atoms with Gasteiger partial charge in [0.15, 0.2) is 0 Å². The molecule has 4 nitrogen and oxygen atoms in total. The third kappa shape index (κ3) is 6.02. The summed E-state index contributed by atoms with van der Waals surface area (Å²) in [6, 6.07) is 10.7. The number of pyridine rings is 1. The van der Waals surface area contributed by atoms with Gasteiger partial charge in [-0.3, -0.25) is 14.7 Å². The molecule has 1 aliphatic heterocycles. The summed E-state index contributed by atoms with van der Waals surface area (Å²) in [7, 11) is 0. The van der Waals surface area contributed by atoms with Crippen molar-refractivity contribution in [2.24, 2.45) is 5.41 Å². The largest absolute Gasteiger partial charge is 0.347 e. The molecule has 1 saturated heterocycles. The average Bonchev–Trinajstić information content (AvgIpc) is 2.70. The van der Waals surface area contributed by atoms with Crippen molar-refractivity contribution in [3.05, 3.63) is 64.7 Å². The van der Waals surface area contributed by atoms with Crippen molar-refractivity contribution < 1.29 is 9.18 Å². The lowest BCUT2D eigenvalue weighted by Crippen LogP contribution is -2.44. The molecule has 1 fully saturated rings. The normalized spacial score (nSPS) is 18.8. The highest BCUT2D eigenvalue weighted by molar-refractivity contribution is 6.30. The number of rotatable bonds is 6. The summed E-state index contributed by atoms with van der Waals surface area (Å²) in [4.78, 5) is 19.6. The van der Waals surface area contributed by atoms with E-state index in [-0.39, 0.29) is 23.8 Å². The molecule has 3 rings (SSSR count). The topological polar surface area (TPSA) is 45.2 Å². The molecule has 0 spiro atoms. The van der Waals surface area contributed by atoms with Gasteiger partial charge in [0, 0.05) is 34.8 Å². The first kappa shape index (κ1) is 22.7. The van der Waals surface area contributed by atoms with Crippen LogP contribution < -0.4 is 5.32 Å². The Hall–Kier alpha value is -1.98. The predicted molar refractivity (Wildman–Crippen MR) is 119 cm³/mol. The lowest BCUT2D eigenvalue weighted by atomic mass is 9.91. The molecule has 2 aromatic rings. The second-order valence-electron chi connectivity index (χ2n) is 9.12. The van der Waals surface area contributed by atoms with E-state index in [4.69, 9.17) is 11.6 Å². The van der Waals surface area contributed by atoms with Crippen LogP contribution in [0.5, 0.6) is 0 Å². The monoisotopic (exact) mass is 431 g/mol. The number of nitrogens with one attached hydrogen (secondary N) is 1. The van der Waals surface area contributed by atoms with E-state index in [0.29, 0.717) is 17.1 Å². The quantitative estimate of drug-likeness (QED) is 0.654. The van der Waals surface area contributed by atoms with Gasteiger partial charge in [-0.1, -0.05) is 50.9 Å². The Morgan fingerprint density at radius 1 is 1.30 bits per heavy atom. The Bertz CT molecular complexity index is 853. The van der Waals surface area contributed by atoms with Crippen LogP contribution >= 0.6 is 11.6 Å². The predicted octanol–water partition coefficient (Wildman–Crippen LogP) is 5.52. The lowest BCUT2D eigenvalue weighted by molar-refractivity contribution is -0.129. The van der Waals surface area contributed by atoms with E-state index in [1.807, 2.05) is 39.0 Å². The van der Waals surface area contributed by atoms with Crippen molar-refractivity contribution >= 4 is 17.5 Å². The number of hydrogen-bond donors (Lipinski definition) is 1. The number of hydrogen-bond acceptors (Lipinski definition) is 3. The summed E-state index contributed by atoms with van der Waals surface area (Å²) >= 11 is 5.91. The summed E-state index contributed by atoms with van der Waals surface area (Å²) in [5.74, 6) is -0.265. The van der Waals surface area contributed by atoms with Gasteiger partial charge in [0.25, 0.3) is 0 Å². The van der Waals surface area contributed by atoms with Crippen molar-refractivity contribution in [1.82, 2.24) is 15.2 Å². The molecule has 1 aromatic carbocycles. The minimum Gasteiger partial charge on any atom is -0.347 e. The van der Waals surface area contributed by atoms with Gasteiger partial charge in [0.05, 0.1) is 11.7 Å². The number of piperidine rings is 1. The van der Waals surface area contributed by atoms with Crippen molar-refractivity contribution in [3.8, 4) is 0 Å². The molecule has 2 atom stereocenters. The van der Waals surface area contributed by atoms with Crippen LogP contribution in [0.4, 0.5) is 4.39 Å². The summed E-state index contributed by atoms with van der Waals surface area (Å²) in [5.41, 5.74) is 1.03. The number of benzene rings is 1. The van der Waals surface area contributed by atoms with Crippen molar-refractivity contribution in [1.29, 1.82) is 0 Å². The number of amides is 1. The Balaban J connectivity index is 1.79. The minimum absolute atomic E-state index is 0.00394. The molecule has 0 unspecified atom stereocenters. The number of aromatic nitrogens is 1. The highest BCUT2D eigenvalue weighted by Gasteiger charge is 2.30. The average molecular weight is 432 g/mol. The molecule has 0 saturated carbocycles. The van der Waals surface area contributed by atoms with Crippen LogP contribution in [0.2, 0.25) is 5.02 Å². The van der Waals surface area contributed by atoms with Crippen LogP contribution in [0, 0.1) is 11.2 Å². The molecule has 6 heteroatoms. The molecular formula is C24H31ClFN3O.